The zero-order valence-electron chi connectivity index (χ0n) is 16.9. The molecule has 7 heteroatoms. The third-order valence-corrected chi connectivity index (χ3v) is 5.05. The molecule has 1 saturated heterocycles. The molecule has 0 saturated carbocycles. The highest BCUT2D eigenvalue weighted by molar-refractivity contribution is 5.92. The first kappa shape index (κ1) is 19.8. The summed E-state index contributed by atoms with van der Waals surface area (Å²) in [6.07, 6.45) is 1.60. The number of rotatable bonds is 4. The van der Waals surface area contributed by atoms with Crippen molar-refractivity contribution in [2.24, 2.45) is 0 Å². The lowest BCUT2D eigenvalue weighted by atomic mass is 9.98. The maximum atomic E-state index is 12.8. The number of aromatic nitrogens is 2. The summed E-state index contributed by atoms with van der Waals surface area (Å²) in [7, 11) is 0. The van der Waals surface area contributed by atoms with Gasteiger partial charge < -0.3 is 15.1 Å². The molecule has 0 radical (unpaired) electrons. The van der Waals surface area contributed by atoms with Crippen molar-refractivity contribution in [2.75, 3.05) is 31.5 Å². The average Bonchev–Trinajstić information content (AvgIpc) is 2.69. The van der Waals surface area contributed by atoms with Crippen molar-refractivity contribution in [3.63, 3.8) is 0 Å². The predicted octanol–water partition coefficient (Wildman–Crippen LogP) is 2.96. The second-order valence-electron chi connectivity index (χ2n) is 7.38. The van der Waals surface area contributed by atoms with E-state index in [0.717, 1.165) is 11.3 Å². The molecule has 1 aliphatic heterocycles. The van der Waals surface area contributed by atoms with E-state index < -0.39 is 0 Å². The van der Waals surface area contributed by atoms with Gasteiger partial charge >= 0.3 is 0 Å². The van der Waals surface area contributed by atoms with Crippen LogP contribution in [0.5, 0.6) is 0 Å². The SMILES string of the molecule is CC(=O)N1CCN(C(=O)c2ccnc(Nc3c(C)cccc3C(C)C)n2)CC1. The highest BCUT2D eigenvalue weighted by Gasteiger charge is 2.24. The summed E-state index contributed by atoms with van der Waals surface area (Å²) in [6.45, 7) is 10.0. The lowest BCUT2D eigenvalue weighted by molar-refractivity contribution is -0.130. The molecule has 148 valence electrons. The molecule has 0 spiro atoms. The molecule has 3 rings (SSSR count). The van der Waals surface area contributed by atoms with Gasteiger partial charge in [-0.25, -0.2) is 9.97 Å². The molecular formula is C21H27N5O2. The van der Waals surface area contributed by atoms with Gasteiger partial charge in [-0.15, -0.1) is 0 Å². The number of nitrogens with one attached hydrogen (secondary N) is 1. The molecule has 0 aliphatic carbocycles. The number of carbonyl (C=O) groups excluding carboxylic acids is 2. The highest BCUT2D eigenvalue weighted by Crippen LogP contribution is 2.29. The van der Waals surface area contributed by atoms with Crippen molar-refractivity contribution in [1.82, 2.24) is 19.8 Å². The van der Waals surface area contributed by atoms with Gasteiger partial charge in [0.2, 0.25) is 11.9 Å². The van der Waals surface area contributed by atoms with Gasteiger partial charge in [0.05, 0.1) is 0 Å². The van der Waals surface area contributed by atoms with E-state index in [9.17, 15) is 9.59 Å². The normalized spacial score (nSPS) is 14.3. The Morgan fingerprint density at radius 2 is 1.75 bits per heavy atom. The van der Waals surface area contributed by atoms with E-state index in [1.165, 1.54) is 5.56 Å². The van der Waals surface area contributed by atoms with Gasteiger partial charge in [-0.1, -0.05) is 32.0 Å². The number of amides is 2. The van der Waals surface area contributed by atoms with Gasteiger partial charge in [-0.05, 0) is 30.0 Å². The van der Waals surface area contributed by atoms with E-state index >= 15 is 0 Å². The average molecular weight is 381 g/mol. The molecule has 1 aliphatic rings. The van der Waals surface area contributed by atoms with Crippen LogP contribution in [0.15, 0.2) is 30.5 Å². The second-order valence-corrected chi connectivity index (χ2v) is 7.38. The zero-order chi connectivity index (χ0) is 20.3. The number of hydrogen-bond acceptors (Lipinski definition) is 5. The van der Waals surface area contributed by atoms with Gasteiger partial charge in [0.25, 0.3) is 5.91 Å². The maximum Gasteiger partial charge on any atom is 0.272 e. The van der Waals surface area contributed by atoms with Crippen LogP contribution in [0.3, 0.4) is 0 Å². The van der Waals surface area contributed by atoms with Gasteiger partial charge in [0.15, 0.2) is 0 Å². The zero-order valence-corrected chi connectivity index (χ0v) is 16.9. The first-order chi connectivity index (χ1) is 13.4. The van der Waals surface area contributed by atoms with Crippen molar-refractivity contribution < 1.29 is 9.59 Å². The second kappa shape index (κ2) is 8.37. The fourth-order valence-corrected chi connectivity index (χ4v) is 3.38. The number of para-hydroxylation sites is 1. The standard InChI is InChI=1S/C21H27N5O2/c1-14(2)17-7-5-6-15(3)19(17)24-21-22-9-8-18(23-21)20(28)26-12-10-25(11-13-26)16(4)27/h5-9,14H,10-13H2,1-4H3,(H,22,23,24). The molecule has 7 nitrogen and oxygen atoms in total. The Bertz CT molecular complexity index is 873. The number of benzene rings is 1. The lowest BCUT2D eigenvalue weighted by Crippen LogP contribution is -2.50. The van der Waals surface area contributed by atoms with Crippen LogP contribution in [-0.4, -0.2) is 57.8 Å². The first-order valence-electron chi connectivity index (χ1n) is 9.61. The summed E-state index contributed by atoms with van der Waals surface area (Å²) in [5.74, 6) is 0.663. The molecular weight excluding hydrogens is 354 g/mol. The van der Waals surface area contributed by atoms with Crippen molar-refractivity contribution in [1.29, 1.82) is 0 Å². The minimum absolute atomic E-state index is 0.0415. The van der Waals surface area contributed by atoms with Crippen LogP contribution >= 0.6 is 0 Å². The van der Waals surface area contributed by atoms with E-state index in [4.69, 9.17) is 0 Å². The Morgan fingerprint density at radius 1 is 1.07 bits per heavy atom. The molecule has 28 heavy (non-hydrogen) atoms. The molecule has 2 amide bonds. The largest absolute Gasteiger partial charge is 0.339 e. The Morgan fingerprint density at radius 3 is 2.39 bits per heavy atom. The van der Waals surface area contributed by atoms with Crippen molar-refractivity contribution in [3.8, 4) is 0 Å². The van der Waals surface area contributed by atoms with Gasteiger partial charge in [-0.2, -0.15) is 0 Å². The molecule has 2 aromatic rings. The van der Waals surface area contributed by atoms with Crippen LogP contribution in [0.2, 0.25) is 0 Å². The van der Waals surface area contributed by atoms with Crippen LogP contribution in [0.1, 0.15) is 48.3 Å². The summed E-state index contributed by atoms with van der Waals surface area (Å²) in [4.78, 5) is 36.5. The van der Waals surface area contributed by atoms with Gasteiger partial charge in [0, 0.05) is 45.0 Å². The number of aryl methyl sites for hydroxylation is 1. The lowest BCUT2D eigenvalue weighted by Gasteiger charge is -2.34. The Balaban J connectivity index is 1.77. The minimum Gasteiger partial charge on any atom is -0.339 e. The van der Waals surface area contributed by atoms with Gasteiger partial charge in [-0.3, -0.25) is 9.59 Å². The van der Waals surface area contributed by atoms with E-state index in [1.807, 2.05) is 19.1 Å². The first-order valence-corrected chi connectivity index (χ1v) is 9.61. The minimum atomic E-state index is -0.137. The third kappa shape index (κ3) is 4.30. The van der Waals surface area contributed by atoms with Crippen molar-refractivity contribution in [3.05, 3.63) is 47.3 Å². The van der Waals surface area contributed by atoms with Crippen molar-refractivity contribution in [2.45, 2.75) is 33.6 Å². The van der Waals surface area contributed by atoms with E-state index in [0.29, 0.717) is 43.7 Å². The van der Waals surface area contributed by atoms with Crippen LogP contribution in [0, 0.1) is 6.92 Å². The van der Waals surface area contributed by atoms with Crippen LogP contribution in [0.25, 0.3) is 0 Å². The fraction of sp³-hybridized carbons (Fsp3) is 0.429. The number of nitrogens with zero attached hydrogens (tertiary/aromatic N) is 4. The van der Waals surface area contributed by atoms with Crippen LogP contribution < -0.4 is 5.32 Å². The van der Waals surface area contributed by atoms with E-state index in [-0.39, 0.29) is 11.8 Å². The fourth-order valence-electron chi connectivity index (χ4n) is 3.38. The number of carbonyl (C=O) groups is 2. The van der Waals surface area contributed by atoms with Gasteiger partial charge in [0.1, 0.15) is 5.69 Å². The molecule has 1 fully saturated rings. The van der Waals surface area contributed by atoms with E-state index in [2.05, 4.69) is 35.2 Å². The number of hydrogen-bond donors (Lipinski definition) is 1. The Labute approximate surface area is 165 Å². The molecule has 2 heterocycles. The quantitative estimate of drug-likeness (QED) is 0.881. The third-order valence-electron chi connectivity index (χ3n) is 5.05. The monoisotopic (exact) mass is 381 g/mol. The number of piperazine rings is 1. The van der Waals surface area contributed by atoms with E-state index in [1.54, 1.807) is 29.0 Å². The highest BCUT2D eigenvalue weighted by atomic mass is 16.2. The molecule has 1 aromatic carbocycles. The Kier molecular flexibility index (Phi) is 5.92. The summed E-state index contributed by atoms with van der Waals surface area (Å²) in [5.41, 5.74) is 3.62. The molecule has 1 aromatic heterocycles. The summed E-state index contributed by atoms with van der Waals surface area (Å²) < 4.78 is 0. The summed E-state index contributed by atoms with van der Waals surface area (Å²) in [6, 6.07) is 7.80. The topological polar surface area (TPSA) is 78.4 Å². The van der Waals surface area contributed by atoms with Crippen LogP contribution in [-0.2, 0) is 4.79 Å². The number of anilines is 2. The van der Waals surface area contributed by atoms with Crippen molar-refractivity contribution >= 4 is 23.5 Å². The summed E-state index contributed by atoms with van der Waals surface area (Å²) in [5, 5.41) is 3.30. The smallest absolute Gasteiger partial charge is 0.272 e. The predicted molar refractivity (Wildman–Crippen MR) is 109 cm³/mol. The summed E-state index contributed by atoms with van der Waals surface area (Å²) >= 11 is 0. The molecule has 1 N–H and O–H groups in total. The molecule has 0 atom stereocenters. The van der Waals surface area contributed by atoms with Crippen LogP contribution in [0.4, 0.5) is 11.6 Å². The maximum absolute atomic E-state index is 12.8. The Hall–Kier alpha value is -2.96. The molecule has 0 unspecified atom stereocenters. The molecule has 0 bridgehead atoms.